The molecule has 2 N–H and O–H groups in total. The molecule has 2 amide bonds. The first-order valence-electron chi connectivity index (χ1n) is 7.03. The SMILES string of the molecule is COC(=O)Nc1cn(CC(=O)Nc2cc(C(F)(F)F)ccc2OC)nn1. The van der Waals surface area contributed by atoms with Crippen molar-refractivity contribution in [3.63, 3.8) is 0 Å². The predicted octanol–water partition coefficient (Wildman–Crippen LogP) is 2.12. The van der Waals surface area contributed by atoms with Crippen LogP contribution in [0.15, 0.2) is 24.4 Å². The summed E-state index contributed by atoms with van der Waals surface area (Å²) in [6.07, 6.45) is -4.08. The summed E-state index contributed by atoms with van der Waals surface area (Å²) in [7, 11) is 2.43. The van der Waals surface area contributed by atoms with E-state index in [1.165, 1.54) is 13.3 Å². The molecule has 0 radical (unpaired) electrons. The van der Waals surface area contributed by atoms with Crippen LogP contribution >= 0.6 is 0 Å². The summed E-state index contributed by atoms with van der Waals surface area (Å²) in [4.78, 5) is 23.1. The molecule has 1 heterocycles. The van der Waals surface area contributed by atoms with E-state index in [1.54, 1.807) is 0 Å². The second kappa shape index (κ2) is 7.72. The van der Waals surface area contributed by atoms with E-state index < -0.39 is 23.7 Å². The molecule has 0 spiro atoms. The van der Waals surface area contributed by atoms with Crippen LogP contribution in [-0.2, 0) is 22.3 Å². The summed E-state index contributed by atoms with van der Waals surface area (Å²) >= 11 is 0. The molecule has 0 aliphatic rings. The number of carbonyl (C=O) groups excluding carboxylic acids is 2. The lowest BCUT2D eigenvalue weighted by molar-refractivity contribution is -0.137. The van der Waals surface area contributed by atoms with E-state index in [0.29, 0.717) is 0 Å². The zero-order valence-electron chi connectivity index (χ0n) is 13.6. The van der Waals surface area contributed by atoms with Crippen molar-refractivity contribution in [2.24, 2.45) is 0 Å². The monoisotopic (exact) mass is 373 g/mol. The maximum atomic E-state index is 12.8. The molecule has 2 aromatic rings. The minimum absolute atomic E-state index is 0.0429. The number of halogens is 3. The fourth-order valence-electron chi connectivity index (χ4n) is 1.91. The Kier molecular flexibility index (Phi) is 5.64. The van der Waals surface area contributed by atoms with Crippen LogP contribution in [0.3, 0.4) is 0 Å². The number of amides is 2. The van der Waals surface area contributed by atoms with Crippen LogP contribution in [0.1, 0.15) is 5.56 Å². The fourth-order valence-corrected chi connectivity index (χ4v) is 1.91. The smallest absolute Gasteiger partial charge is 0.416 e. The predicted molar refractivity (Wildman–Crippen MR) is 82.7 cm³/mol. The van der Waals surface area contributed by atoms with Crippen molar-refractivity contribution in [3.05, 3.63) is 30.0 Å². The van der Waals surface area contributed by atoms with Crippen molar-refractivity contribution in [2.45, 2.75) is 12.7 Å². The Hall–Kier alpha value is -3.31. The summed E-state index contributed by atoms with van der Waals surface area (Å²) in [6, 6.07) is 2.71. The highest BCUT2D eigenvalue weighted by Crippen LogP contribution is 2.34. The average molecular weight is 373 g/mol. The maximum Gasteiger partial charge on any atom is 0.416 e. The van der Waals surface area contributed by atoms with Gasteiger partial charge in [-0.15, -0.1) is 5.10 Å². The zero-order chi connectivity index (χ0) is 19.3. The van der Waals surface area contributed by atoms with Gasteiger partial charge in [0.1, 0.15) is 12.3 Å². The summed E-state index contributed by atoms with van der Waals surface area (Å²) in [6.45, 7) is -0.352. The molecule has 0 saturated carbocycles. The largest absolute Gasteiger partial charge is 0.495 e. The minimum Gasteiger partial charge on any atom is -0.495 e. The molecule has 0 aliphatic carbocycles. The van der Waals surface area contributed by atoms with Crippen LogP contribution in [0, 0.1) is 0 Å². The number of methoxy groups -OCH3 is 2. The van der Waals surface area contributed by atoms with Gasteiger partial charge in [0.2, 0.25) is 5.91 Å². The first-order chi connectivity index (χ1) is 12.2. The van der Waals surface area contributed by atoms with Gasteiger partial charge < -0.3 is 14.8 Å². The lowest BCUT2D eigenvalue weighted by Gasteiger charge is -2.13. The number of hydrogen-bond acceptors (Lipinski definition) is 6. The molecular formula is C14H14F3N5O4. The Bertz CT molecular complexity index is 806. The van der Waals surface area contributed by atoms with E-state index >= 15 is 0 Å². The van der Waals surface area contributed by atoms with Gasteiger partial charge in [-0.3, -0.25) is 10.1 Å². The zero-order valence-corrected chi connectivity index (χ0v) is 13.6. The van der Waals surface area contributed by atoms with Gasteiger partial charge in [-0.2, -0.15) is 13.2 Å². The van der Waals surface area contributed by atoms with Gasteiger partial charge in [-0.1, -0.05) is 5.21 Å². The highest BCUT2D eigenvalue weighted by molar-refractivity contribution is 5.92. The number of rotatable bonds is 5. The van der Waals surface area contributed by atoms with Crippen LogP contribution in [0.5, 0.6) is 5.75 Å². The third-order valence-corrected chi connectivity index (χ3v) is 3.06. The number of aromatic nitrogens is 3. The Morgan fingerprint density at radius 1 is 1.23 bits per heavy atom. The van der Waals surface area contributed by atoms with Gasteiger partial charge in [0, 0.05) is 0 Å². The van der Waals surface area contributed by atoms with Crippen molar-refractivity contribution in [1.82, 2.24) is 15.0 Å². The Balaban J connectivity index is 2.09. The van der Waals surface area contributed by atoms with E-state index in [2.05, 4.69) is 25.7 Å². The van der Waals surface area contributed by atoms with E-state index in [9.17, 15) is 22.8 Å². The van der Waals surface area contributed by atoms with Gasteiger partial charge in [0.25, 0.3) is 0 Å². The lowest BCUT2D eigenvalue weighted by Crippen LogP contribution is -2.20. The number of alkyl halides is 3. The Labute approximate surface area is 145 Å². The molecule has 0 unspecified atom stereocenters. The van der Waals surface area contributed by atoms with Crippen LogP contribution in [-0.4, -0.2) is 41.2 Å². The molecule has 2 rings (SSSR count). The third kappa shape index (κ3) is 4.84. The molecule has 0 atom stereocenters. The van der Waals surface area contributed by atoms with E-state index in [-0.39, 0.29) is 23.8 Å². The Morgan fingerprint density at radius 3 is 2.58 bits per heavy atom. The molecule has 12 heteroatoms. The number of anilines is 2. The number of nitrogens with one attached hydrogen (secondary N) is 2. The molecule has 1 aromatic carbocycles. The third-order valence-electron chi connectivity index (χ3n) is 3.06. The lowest BCUT2D eigenvalue weighted by atomic mass is 10.1. The number of benzene rings is 1. The van der Waals surface area contributed by atoms with Crippen molar-refractivity contribution < 1.29 is 32.2 Å². The quantitative estimate of drug-likeness (QED) is 0.831. The molecule has 0 bridgehead atoms. The standard InChI is InChI=1S/C14H14F3N5O4/c1-25-10-4-3-8(14(15,16)17)5-9(10)18-12(23)7-22-6-11(20-21-22)19-13(24)26-2/h3-6H,7H2,1-2H3,(H,18,23)(H,19,24). The summed E-state index contributed by atoms with van der Waals surface area (Å²) < 4.78 is 48.8. The molecule has 140 valence electrons. The van der Waals surface area contributed by atoms with Crippen molar-refractivity contribution in [2.75, 3.05) is 24.9 Å². The second-order valence-corrected chi connectivity index (χ2v) is 4.88. The summed E-state index contributed by atoms with van der Waals surface area (Å²) in [5.74, 6) is -0.559. The normalized spacial score (nSPS) is 11.0. The minimum atomic E-state index is -4.56. The van der Waals surface area contributed by atoms with E-state index in [0.717, 1.165) is 30.0 Å². The number of ether oxygens (including phenoxy) is 2. The van der Waals surface area contributed by atoms with Gasteiger partial charge in [0.05, 0.1) is 31.7 Å². The van der Waals surface area contributed by atoms with Gasteiger partial charge in [0.15, 0.2) is 5.82 Å². The number of carbonyl (C=O) groups is 2. The topological polar surface area (TPSA) is 107 Å². The maximum absolute atomic E-state index is 12.8. The van der Waals surface area contributed by atoms with Crippen molar-refractivity contribution in [1.29, 1.82) is 0 Å². The first kappa shape index (κ1) is 19.0. The molecule has 0 fully saturated rings. The van der Waals surface area contributed by atoms with E-state index in [1.807, 2.05) is 0 Å². The fraction of sp³-hybridized carbons (Fsp3) is 0.286. The number of nitrogens with zero attached hydrogens (tertiary/aromatic N) is 3. The average Bonchev–Trinajstić information content (AvgIpc) is 3.00. The molecule has 0 saturated heterocycles. The Morgan fingerprint density at radius 2 is 1.96 bits per heavy atom. The highest BCUT2D eigenvalue weighted by Gasteiger charge is 2.31. The molecular weight excluding hydrogens is 359 g/mol. The molecule has 9 nitrogen and oxygen atoms in total. The van der Waals surface area contributed by atoms with Crippen molar-refractivity contribution >= 4 is 23.5 Å². The van der Waals surface area contributed by atoms with Crippen LogP contribution in [0.25, 0.3) is 0 Å². The van der Waals surface area contributed by atoms with Crippen LogP contribution in [0.4, 0.5) is 29.5 Å². The molecule has 1 aromatic heterocycles. The first-order valence-corrected chi connectivity index (χ1v) is 7.03. The summed E-state index contributed by atoms with van der Waals surface area (Å²) in [5.41, 5.74) is -1.07. The number of hydrogen-bond donors (Lipinski definition) is 2. The van der Waals surface area contributed by atoms with Gasteiger partial charge in [-0.25, -0.2) is 9.48 Å². The van der Waals surface area contributed by atoms with Crippen molar-refractivity contribution in [3.8, 4) is 5.75 Å². The van der Waals surface area contributed by atoms with Gasteiger partial charge >= 0.3 is 12.3 Å². The van der Waals surface area contributed by atoms with E-state index in [4.69, 9.17) is 4.74 Å². The van der Waals surface area contributed by atoms with Crippen LogP contribution in [0.2, 0.25) is 0 Å². The van der Waals surface area contributed by atoms with Gasteiger partial charge in [-0.05, 0) is 18.2 Å². The highest BCUT2D eigenvalue weighted by atomic mass is 19.4. The molecule has 26 heavy (non-hydrogen) atoms. The molecule has 0 aliphatic heterocycles. The summed E-state index contributed by atoms with van der Waals surface area (Å²) in [5, 5.41) is 11.8. The second-order valence-electron chi connectivity index (χ2n) is 4.88. The van der Waals surface area contributed by atoms with Crippen LogP contribution < -0.4 is 15.4 Å².